The molecule has 0 amide bonds. The first kappa shape index (κ1) is 8.24. The second-order valence-corrected chi connectivity index (χ2v) is 3.41. The SMILES string of the molecule is C=CC(=O)c1ccc2c(c1)CCC2. The fraction of sp³-hybridized carbons (Fsp3) is 0.250. The van der Waals surface area contributed by atoms with Gasteiger partial charge in [0.2, 0.25) is 0 Å². The van der Waals surface area contributed by atoms with Crippen molar-refractivity contribution >= 4 is 5.78 Å². The highest BCUT2D eigenvalue weighted by Crippen LogP contribution is 2.22. The predicted octanol–water partition coefficient (Wildman–Crippen LogP) is 2.54. The second kappa shape index (κ2) is 3.17. The summed E-state index contributed by atoms with van der Waals surface area (Å²) in [6.45, 7) is 3.48. The highest BCUT2D eigenvalue weighted by Gasteiger charge is 2.12. The molecule has 0 saturated heterocycles. The molecule has 1 nitrogen and oxygen atoms in total. The van der Waals surface area contributed by atoms with Crippen LogP contribution in [-0.2, 0) is 12.8 Å². The summed E-state index contributed by atoms with van der Waals surface area (Å²) in [5.41, 5.74) is 3.52. The van der Waals surface area contributed by atoms with Crippen molar-refractivity contribution in [1.82, 2.24) is 0 Å². The lowest BCUT2D eigenvalue weighted by atomic mass is 10.0. The summed E-state index contributed by atoms with van der Waals surface area (Å²) >= 11 is 0. The summed E-state index contributed by atoms with van der Waals surface area (Å²) in [5.74, 6) is 0.0229. The van der Waals surface area contributed by atoms with Crippen LogP contribution in [0.5, 0.6) is 0 Å². The first-order valence-electron chi connectivity index (χ1n) is 4.60. The molecule has 13 heavy (non-hydrogen) atoms. The number of hydrogen-bond acceptors (Lipinski definition) is 1. The number of allylic oxidation sites excluding steroid dienone is 1. The molecule has 2 rings (SSSR count). The van der Waals surface area contributed by atoms with Crippen LogP contribution in [0.1, 0.15) is 27.9 Å². The second-order valence-electron chi connectivity index (χ2n) is 3.41. The lowest BCUT2D eigenvalue weighted by molar-refractivity contribution is 0.104. The molecule has 0 unspecified atom stereocenters. The van der Waals surface area contributed by atoms with E-state index in [4.69, 9.17) is 0 Å². The van der Waals surface area contributed by atoms with Crippen molar-refractivity contribution in [3.05, 3.63) is 47.5 Å². The van der Waals surface area contributed by atoms with Crippen LogP contribution in [0, 0.1) is 0 Å². The van der Waals surface area contributed by atoms with Crippen molar-refractivity contribution in [3.63, 3.8) is 0 Å². The first-order valence-corrected chi connectivity index (χ1v) is 4.60. The maximum Gasteiger partial charge on any atom is 0.185 e. The Kier molecular flexibility index (Phi) is 2.01. The molecule has 0 aliphatic heterocycles. The van der Waals surface area contributed by atoms with Gasteiger partial charge in [0.15, 0.2) is 5.78 Å². The molecule has 66 valence electrons. The summed E-state index contributed by atoms with van der Waals surface area (Å²) in [6.07, 6.45) is 4.88. The Morgan fingerprint density at radius 1 is 1.31 bits per heavy atom. The van der Waals surface area contributed by atoms with Crippen molar-refractivity contribution in [2.75, 3.05) is 0 Å². The van der Waals surface area contributed by atoms with Gasteiger partial charge in [-0.05, 0) is 42.5 Å². The summed E-state index contributed by atoms with van der Waals surface area (Å²) < 4.78 is 0. The molecular weight excluding hydrogens is 160 g/mol. The maximum atomic E-state index is 11.3. The van der Waals surface area contributed by atoms with Crippen LogP contribution in [0.15, 0.2) is 30.9 Å². The number of benzene rings is 1. The Labute approximate surface area is 78.1 Å². The molecule has 0 bridgehead atoms. The maximum absolute atomic E-state index is 11.3. The first-order chi connectivity index (χ1) is 6.31. The van der Waals surface area contributed by atoms with Crippen molar-refractivity contribution in [2.45, 2.75) is 19.3 Å². The lowest BCUT2D eigenvalue weighted by Gasteiger charge is -2.00. The summed E-state index contributed by atoms with van der Waals surface area (Å²) in [4.78, 5) is 11.3. The molecule has 1 heteroatoms. The minimum absolute atomic E-state index is 0.0229. The number of hydrogen-bond donors (Lipinski definition) is 0. The molecule has 1 aromatic rings. The number of aryl methyl sites for hydroxylation is 2. The zero-order valence-electron chi connectivity index (χ0n) is 7.55. The molecule has 0 aromatic heterocycles. The Bertz CT molecular complexity index is 363. The zero-order valence-corrected chi connectivity index (χ0v) is 7.55. The third kappa shape index (κ3) is 1.42. The Hall–Kier alpha value is -1.37. The smallest absolute Gasteiger partial charge is 0.185 e. The fourth-order valence-electron chi connectivity index (χ4n) is 1.84. The van der Waals surface area contributed by atoms with Gasteiger partial charge in [-0.3, -0.25) is 4.79 Å². The third-order valence-electron chi connectivity index (χ3n) is 2.57. The van der Waals surface area contributed by atoms with Gasteiger partial charge in [0.05, 0.1) is 0 Å². The van der Waals surface area contributed by atoms with Gasteiger partial charge in [0.1, 0.15) is 0 Å². The van der Waals surface area contributed by atoms with Gasteiger partial charge in [-0.1, -0.05) is 18.7 Å². The van der Waals surface area contributed by atoms with E-state index in [0.717, 1.165) is 18.4 Å². The molecule has 1 aliphatic carbocycles. The molecule has 0 spiro atoms. The van der Waals surface area contributed by atoms with Crippen molar-refractivity contribution in [3.8, 4) is 0 Å². The Balaban J connectivity index is 2.41. The summed E-state index contributed by atoms with van der Waals surface area (Å²) in [5, 5.41) is 0. The molecular formula is C12H12O. The molecule has 1 aliphatic rings. The van der Waals surface area contributed by atoms with Crippen LogP contribution in [0.25, 0.3) is 0 Å². The number of rotatable bonds is 2. The monoisotopic (exact) mass is 172 g/mol. The molecule has 1 aromatic carbocycles. The number of carbonyl (C=O) groups is 1. The summed E-state index contributed by atoms with van der Waals surface area (Å²) in [7, 11) is 0. The van der Waals surface area contributed by atoms with Gasteiger partial charge in [-0.15, -0.1) is 0 Å². The minimum Gasteiger partial charge on any atom is -0.289 e. The molecule has 0 atom stereocenters. The van der Waals surface area contributed by atoms with Crippen molar-refractivity contribution < 1.29 is 4.79 Å². The standard InChI is InChI=1S/C12H12O/c1-2-12(13)11-7-6-9-4-3-5-10(9)8-11/h2,6-8H,1,3-5H2. The van der Waals surface area contributed by atoms with Gasteiger partial charge < -0.3 is 0 Å². The van der Waals surface area contributed by atoms with Crippen LogP contribution in [0.2, 0.25) is 0 Å². The molecule has 0 heterocycles. The van der Waals surface area contributed by atoms with E-state index in [9.17, 15) is 4.79 Å². The quantitative estimate of drug-likeness (QED) is 0.495. The fourth-order valence-corrected chi connectivity index (χ4v) is 1.84. The normalized spacial score (nSPS) is 13.8. The minimum atomic E-state index is 0.0229. The molecule has 0 N–H and O–H groups in total. The van der Waals surface area contributed by atoms with Crippen LogP contribution in [0.4, 0.5) is 0 Å². The van der Waals surface area contributed by atoms with Crippen LogP contribution in [-0.4, -0.2) is 5.78 Å². The lowest BCUT2D eigenvalue weighted by Crippen LogP contribution is -1.95. The third-order valence-corrected chi connectivity index (χ3v) is 2.57. The van der Waals surface area contributed by atoms with E-state index in [1.807, 2.05) is 12.1 Å². The predicted molar refractivity (Wildman–Crippen MR) is 53.0 cm³/mol. The Morgan fingerprint density at radius 3 is 2.85 bits per heavy atom. The van der Waals surface area contributed by atoms with Crippen LogP contribution in [0.3, 0.4) is 0 Å². The van der Waals surface area contributed by atoms with E-state index in [-0.39, 0.29) is 5.78 Å². The largest absolute Gasteiger partial charge is 0.289 e. The van der Waals surface area contributed by atoms with E-state index in [1.165, 1.54) is 23.6 Å². The van der Waals surface area contributed by atoms with Crippen molar-refractivity contribution in [2.24, 2.45) is 0 Å². The van der Waals surface area contributed by atoms with E-state index in [1.54, 1.807) is 0 Å². The van der Waals surface area contributed by atoms with Crippen molar-refractivity contribution in [1.29, 1.82) is 0 Å². The van der Waals surface area contributed by atoms with E-state index in [0.29, 0.717) is 0 Å². The molecule has 0 radical (unpaired) electrons. The average Bonchev–Trinajstić information content (AvgIpc) is 2.63. The van der Waals surface area contributed by atoms with E-state index < -0.39 is 0 Å². The number of carbonyl (C=O) groups excluding carboxylic acids is 1. The van der Waals surface area contributed by atoms with Gasteiger partial charge in [-0.25, -0.2) is 0 Å². The zero-order chi connectivity index (χ0) is 9.26. The van der Waals surface area contributed by atoms with Gasteiger partial charge >= 0.3 is 0 Å². The molecule has 0 fully saturated rings. The summed E-state index contributed by atoms with van der Waals surface area (Å²) in [6, 6.07) is 5.97. The van der Waals surface area contributed by atoms with Gasteiger partial charge in [0.25, 0.3) is 0 Å². The van der Waals surface area contributed by atoms with E-state index >= 15 is 0 Å². The number of fused-ring (bicyclic) bond motifs is 1. The highest BCUT2D eigenvalue weighted by molar-refractivity contribution is 6.04. The number of ketones is 1. The Morgan fingerprint density at radius 2 is 2.08 bits per heavy atom. The van der Waals surface area contributed by atoms with E-state index in [2.05, 4.69) is 12.6 Å². The van der Waals surface area contributed by atoms with Crippen LogP contribution < -0.4 is 0 Å². The average molecular weight is 172 g/mol. The molecule has 0 saturated carbocycles. The van der Waals surface area contributed by atoms with Gasteiger partial charge in [0, 0.05) is 5.56 Å². The van der Waals surface area contributed by atoms with Gasteiger partial charge in [-0.2, -0.15) is 0 Å². The highest BCUT2D eigenvalue weighted by atomic mass is 16.1. The van der Waals surface area contributed by atoms with Crippen LogP contribution >= 0.6 is 0 Å². The topological polar surface area (TPSA) is 17.1 Å².